The van der Waals surface area contributed by atoms with Gasteiger partial charge in [-0.1, -0.05) is 61.4 Å². The highest BCUT2D eigenvalue weighted by molar-refractivity contribution is 5.79. The van der Waals surface area contributed by atoms with Crippen LogP contribution in [0, 0.1) is 5.92 Å². The van der Waals surface area contributed by atoms with E-state index >= 15 is 0 Å². The average Bonchev–Trinajstić information content (AvgIpc) is 3.02. The summed E-state index contributed by atoms with van der Waals surface area (Å²) >= 11 is 0. The Labute approximate surface area is 259 Å². The molecule has 4 amide bonds. The third kappa shape index (κ3) is 9.33. The van der Waals surface area contributed by atoms with E-state index in [0.717, 1.165) is 49.0 Å². The van der Waals surface area contributed by atoms with Gasteiger partial charge in [0.25, 0.3) is 0 Å². The zero-order chi connectivity index (χ0) is 30.6. The van der Waals surface area contributed by atoms with Crippen molar-refractivity contribution in [1.82, 2.24) is 20.4 Å². The lowest BCUT2D eigenvalue weighted by Gasteiger charge is -2.46. The van der Waals surface area contributed by atoms with Crippen molar-refractivity contribution in [3.05, 3.63) is 65.7 Å². The first-order valence-corrected chi connectivity index (χ1v) is 15.7. The molecule has 2 aromatic rings. The lowest BCUT2D eigenvalue weighted by molar-refractivity contribution is -0.139. The topological polar surface area (TPSA) is 119 Å². The maximum atomic E-state index is 12.9. The summed E-state index contributed by atoms with van der Waals surface area (Å²) in [6.07, 6.45) is 4.18. The molecule has 2 aromatic carbocycles. The fourth-order valence-electron chi connectivity index (χ4n) is 5.73. The molecule has 0 bridgehead atoms. The molecule has 3 aliphatic rings. The number of alkyl carbamates (subject to hydrolysis) is 1. The molecular weight excluding hydrogens is 564 g/mol. The minimum Gasteiger partial charge on any atom is -0.493 e. The SMILES string of the molecule is O=C1CO[C@H]2CCN(C(=O)N3CC(COCc4ccccc4OCCCCCCNC(=O)OCc4ccccc4)C3)C[C@H]2N1. The summed E-state index contributed by atoms with van der Waals surface area (Å²) in [5.41, 5.74) is 1.98. The number of urea groups is 1. The summed E-state index contributed by atoms with van der Waals surface area (Å²) in [5.74, 6) is 1.03. The first-order chi connectivity index (χ1) is 21.5. The number of hydrogen-bond acceptors (Lipinski definition) is 7. The lowest BCUT2D eigenvalue weighted by Crippen LogP contribution is -2.64. The van der Waals surface area contributed by atoms with Gasteiger partial charge in [-0.05, 0) is 30.9 Å². The van der Waals surface area contributed by atoms with Crippen LogP contribution in [-0.2, 0) is 32.2 Å². The molecule has 11 heteroatoms. The van der Waals surface area contributed by atoms with Crippen molar-refractivity contribution in [3.8, 4) is 5.75 Å². The molecule has 0 aromatic heterocycles. The van der Waals surface area contributed by atoms with Gasteiger partial charge in [-0.2, -0.15) is 0 Å². The maximum Gasteiger partial charge on any atom is 0.407 e. The fraction of sp³-hybridized carbons (Fsp3) is 0.545. The van der Waals surface area contributed by atoms with Crippen LogP contribution in [0.15, 0.2) is 54.6 Å². The first-order valence-electron chi connectivity index (χ1n) is 15.7. The second kappa shape index (κ2) is 16.3. The number of nitrogens with zero attached hydrogens (tertiary/aromatic N) is 2. The Morgan fingerprint density at radius 3 is 2.59 bits per heavy atom. The highest BCUT2D eigenvalue weighted by Crippen LogP contribution is 2.24. The van der Waals surface area contributed by atoms with Crippen molar-refractivity contribution in [2.24, 2.45) is 5.92 Å². The van der Waals surface area contributed by atoms with Gasteiger partial charge in [0.05, 0.1) is 32.0 Å². The molecule has 0 unspecified atom stereocenters. The number of nitrogens with one attached hydrogen (secondary N) is 2. The van der Waals surface area contributed by atoms with Crippen LogP contribution >= 0.6 is 0 Å². The summed E-state index contributed by atoms with van der Waals surface area (Å²) in [4.78, 5) is 40.1. The van der Waals surface area contributed by atoms with Crippen LogP contribution in [-0.4, -0.2) is 92.5 Å². The molecule has 5 rings (SSSR count). The van der Waals surface area contributed by atoms with E-state index in [-0.39, 0.29) is 43.4 Å². The van der Waals surface area contributed by atoms with Crippen molar-refractivity contribution in [2.75, 3.05) is 52.5 Å². The van der Waals surface area contributed by atoms with Crippen LogP contribution in [0.4, 0.5) is 9.59 Å². The van der Waals surface area contributed by atoms with E-state index in [1.54, 1.807) is 0 Å². The molecule has 0 aliphatic carbocycles. The van der Waals surface area contributed by atoms with Crippen molar-refractivity contribution >= 4 is 18.0 Å². The number of hydrogen-bond donors (Lipinski definition) is 2. The van der Waals surface area contributed by atoms with Crippen LogP contribution < -0.4 is 15.4 Å². The zero-order valence-corrected chi connectivity index (χ0v) is 25.3. The molecule has 11 nitrogen and oxygen atoms in total. The number of unbranched alkanes of at least 4 members (excludes halogenated alkanes) is 3. The van der Waals surface area contributed by atoms with Crippen LogP contribution in [0.3, 0.4) is 0 Å². The Bertz CT molecular complexity index is 1220. The van der Waals surface area contributed by atoms with Gasteiger partial charge < -0.3 is 39.4 Å². The van der Waals surface area contributed by atoms with Gasteiger partial charge >= 0.3 is 12.1 Å². The second-order valence-electron chi connectivity index (χ2n) is 11.7. The molecule has 3 saturated heterocycles. The van der Waals surface area contributed by atoms with Gasteiger partial charge in [-0.3, -0.25) is 4.79 Å². The molecule has 3 heterocycles. The summed E-state index contributed by atoms with van der Waals surface area (Å²) in [7, 11) is 0. The molecular formula is C33H44N4O7. The van der Waals surface area contributed by atoms with E-state index in [2.05, 4.69) is 10.6 Å². The van der Waals surface area contributed by atoms with Gasteiger partial charge in [0.15, 0.2) is 0 Å². The number of ether oxygens (including phenoxy) is 4. The lowest BCUT2D eigenvalue weighted by atomic mass is 9.99. The standard InChI is InChI=1S/C33H44N4O7/c38-31-24-43-30-14-16-36(20-28(30)35-31)33(40)37-18-26(19-37)21-41-23-27-12-6-7-13-29(27)42-17-9-2-1-8-15-34-32(39)44-22-25-10-4-3-5-11-25/h3-7,10-13,26,28,30H,1-2,8-9,14-24H2,(H,34,39)(H,35,38)/t28-,30+/m1/s1. The number of piperidine rings is 1. The fourth-order valence-corrected chi connectivity index (χ4v) is 5.73. The Kier molecular flexibility index (Phi) is 11.7. The Hall–Kier alpha value is -3.83. The summed E-state index contributed by atoms with van der Waals surface area (Å²) in [6.45, 7) is 5.13. The van der Waals surface area contributed by atoms with Crippen LogP contribution in [0.5, 0.6) is 5.75 Å². The highest BCUT2D eigenvalue weighted by atomic mass is 16.5. The molecule has 0 radical (unpaired) electrons. The second-order valence-corrected chi connectivity index (χ2v) is 11.7. The Morgan fingerprint density at radius 1 is 0.932 bits per heavy atom. The quantitative estimate of drug-likeness (QED) is 0.314. The van der Waals surface area contributed by atoms with E-state index < -0.39 is 0 Å². The zero-order valence-electron chi connectivity index (χ0n) is 25.3. The van der Waals surface area contributed by atoms with Crippen LogP contribution in [0.1, 0.15) is 43.2 Å². The van der Waals surface area contributed by atoms with Crippen LogP contribution in [0.25, 0.3) is 0 Å². The van der Waals surface area contributed by atoms with Gasteiger partial charge in [-0.25, -0.2) is 9.59 Å². The molecule has 3 aliphatic heterocycles. The number of carbonyl (C=O) groups is 3. The number of morpholine rings is 1. The number of carbonyl (C=O) groups excluding carboxylic acids is 3. The number of para-hydroxylation sites is 1. The molecule has 0 saturated carbocycles. The minimum atomic E-state index is -0.387. The summed E-state index contributed by atoms with van der Waals surface area (Å²) in [5, 5.41) is 5.75. The normalized spacial score (nSPS) is 19.9. The minimum absolute atomic E-state index is 0.00155. The molecule has 2 atom stereocenters. The smallest absolute Gasteiger partial charge is 0.407 e. The van der Waals surface area contributed by atoms with E-state index in [1.807, 2.05) is 64.4 Å². The van der Waals surface area contributed by atoms with E-state index in [9.17, 15) is 14.4 Å². The van der Waals surface area contributed by atoms with Gasteiger partial charge in [-0.15, -0.1) is 0 Å². The highest BCUT2D eigenvalue weighted by Gasteiger charge is 2.40. The molecule has 44 heavy (non-hydrogen) atoms. The van der Waals surface area contributed by atoms with Crippen molar-refractivity contribution < 1.29 is 33.3 Å². The molecule has 238 valence electrons. The average molecular weight is 609 g/mol. The Balaban J connectivity index is 0.895. The third-order valence-electron chi connectivity index (χ3n) is 8.22. The van der Waals surface area contributed by atoms with E-state index in [1.165, 1.54) is 0 Å². The largest absolute Gasteiger partial charge is 0.493 e. The van der Waals surface area contributed by atoms with Crippen molar-refractivity contribution in [3.63, 3.8) is 0 Å². The van der Waals surface area contributed by atoms with Gasteiger partial charge in [0, 0.05) is 44.2 Å². The number of rotatable bonds is 14. The predicted molar refractivity (Wildman–Crippen MR) is 163 cm³/mol. The monoisotopic (exact) mass is 608 g/mol. The number of benzene rings is 2. The van der Waals surface area contributed by atoms with Gasteiger partial charge in [0.2, 0.25) is 5.91 Å². The van der Waals surface area contributed by atoms with Crippen molar-refractivity contribution in [2.45, 2.75) is 57.5 Å². The third-order valence-corrected chi connectivity index (χ3v) is 8.22. The number of amides is 4. The Morgan fingerprint density at radius 2 is 1.73 bits per heavy atom. The molecule has 2 N–H and O–H groups in total. The summed E-state index contributed by atoms with van der Waals surface area (Å²) in [6, 6.07) is 17.5. The summed E-state index contributed by atoms with van der Waals surface area (Å²) < 4.78 is 22.9. The van der Waals surface area contributed by atoms with E-state index in [4.69, 9.17) is 18.9 Å². The van der Waals surface area contributed by atoms with Crippen LogP contribution in [0.2, 0.25) is 0 Å². The van der Waals surface area contributed by atoms with E-state index in [0.29, 0.717) is 58.5 Å². The molecule has 0 spiro atoms. The molecule has 3 fully saturated rings. The first kappa shape index (κ1) is 31.6. The predicted octanol–water partition coefficient (Wildman–Crippen LogP) is 3.71. The number of fused-ring (bicyclic) bond motifs is 1. The number of likely N-dealkylation sites (tertiary alicyclic amines) is 2. The maximum absolute atomic E-state index is 12.9. The van der Waals surface area contributed by atoms with Gasteiger partial charge in [0.1, 0.15) is 19.0 Å². The van der Waals surface area contributed by atoms with Crippen molar-refractivity contribution in [1.29, 1.82) is 0 Å².